The molecule has 0 heterocycles. The molecule has 0 spiro atoms. The number of rotatable bonds is 12. The molecule has 0 aromatic carbocycles. The number of aliphatic carboxylic acids is 2. The summed E-state index contributed by atoms with van der Waals surface area (Å²) < 4.78 is 0. The number of hydrogen-bond acceptors (Lipinski definition) is 7. The van der Waals surface area contributed by atoms with Gasteiger partial charge in [-0.1, -0.05) is 13.8 Å². The molecule has 158 valence electrons. The molecule has 9 N–H and O–H groups in total. The lowest BCUT2D eigenvalue weighted by molar-refractivity contribution is -0.141. The summed E-state index contributed by atoms with van der Waals surface area (Å²) >= 11 is 0. The van der Waals surface area contributed by atoms with Crippen LogP contribution in [0.4, 0.5) is 0 Å². The monoisotopic (exact) mass is 403 g/mol. The van der Waals surface area contributed by atoms with Crippen molar-refractivity contribution in [3.63, 3.8) is 0 Å². The molecule has 0 radical (unpaired) electrons. The van der Waals surface area contributed by atoms with E-state index in [1.807, 2.05) is 5.32 Å². The molecule has 4 amide bonds. The Balaban J connectivity index is 5.20. The Bertz CT molecular complexity index is 636. The zero-order valence-corrected chi connectivity index (χ0v) is 15.4. The van der Waals surface area contributed by atoms with Gasteiger partial charge in [0.05, 0.1) is 18.9 Å². The lowest BCUT2D eigenvalue weighted by Gasteiger charge is -2.25. The van der Waals surface area contributed by atoms with Crippen LogP contribution >= 0.6 is 0 Å². The van der Waals surface area contributed by atoms with Crippen LogP contribution in [0, 0.1) is 5.92 Å². The number of carboxylic acids is 2. The third-order valence-corrected chi connectivity index (χ3v) is 3.43. The first-order valence-electron chi connectivity index (χ1n) is 8.21. The fourth-order valence-corrected chi connectivity index (χ4v) is 2.04. The van der Waals surface area contributed by atoms with Crippen LogP contribution in [0.25, 0.3) is 0 Å². The van der Waals surface area contributed by atoms with E-state index in [1.165, 1.54) is 0 Å². The average Bonchev–Trinajstić information content (AvgIpc) is 2.54. The fraction of sp³-hybridized carbons (Fsp3) is 0.600. The summed E-state index contributed by atoms with van der Waals surface area (Å²) in [5.74, 6) is -6.81. The van der Waals surface area contributed by atoms with Gasteiger partial charge in [-0.05, 0) is 5.92 Å². The third kappa shape index (κ3) is 9.47. The highest BCUT2D eigenvalue weighted by molar-refractivity contribution is 5.95. The van der Waals surface area contributed by atoms with Gasteiger partial charge in [-0.25, -0.2) is 0 Å². The zero-order valence-electron chi connectivity index (χ0n) is 15.4. The number of amides is 4. The molecular weight excluding hydrogens is 378 g/mol. The molecule has 13 heteroatoms. The number of carbonyl (C=O) groups is 6. The van der Waals surface area contributed by atoms with Gasteiger partial charge in [0.25, 0.3) is 0 Å². The zero-order chi connectivity index (χ0) is 22.0. The second-order valence-electron chi connectivity index (χ2n) is 6.28. The van der Waals surface area contributed by atoms with E-state index < -0.39 is 79.0 Å². The van der Waals surface area contributed by atoms with Gasteiger partial charge in [0.15, 0.2) is 0 Å². The van der Waals surface area contributed by atoms with E-state index in [2.05, 4.69) is 10.6 Å². The summed E-state index contributed by atoms with van der Waals surface area (Å²) in [6.45, 7) is 2.37. The second-order valence-corrected chi connectivity index (χ2v) is 6.28. The van der Waals surface area contributed by atoms with Crippen LogP contribution in [-0.2, 0) is 28.8 Å². The molecule has 28 heavy (non-hydrogen) atoms. The number of hydrogen-bond donors (Lipinski definition) is 7. The van der Waals surface area contributed by atoms with Gasteiger partial charge in [-0.2, -0.15) is 0 Å². The number of nitrogens with two attached hydrogens (primary N) is 2. The quantitative estimate of drug-likeness (QED) is 0.171. The standard InChI is InChI=1S/C15H25N5O8/c1-6(2)12(20-13(26)7(16)3-9(17)21)15(28)19-8(4-10(22)23)14(27)18-5-11(24)25/h6-8,12H,3-5,16H2,1-2H3,(H2,17,21)(H,18,27)(H,19,28)(H,20,26)(H,22,23)(H,24,25). The van der Waals surface area contributed by atoms with Gasteiger partial charge in [0.1, 0.15) is 18.6 Å². The Morgan fingerprint density at radius 1 is 0.857 bits per heavy atom. The van der Waals surface area contributed by atoms with Crippen molar-refractivity contribution >= 4 is 35.6 Å². The molecule has 0 saturated carbocycles. The summed E-state index contributed by atoms with van der Waals surface area (Å²) in [4.78, 5) is 68.7. The molecule has 0 fully saturated rings. The summed E-state index contributed by atoms with van der Waals surface area (Å²) in [6, 6.07) is -4.06. The SMILES string of the molecule is CC(C)C(NC(=O)C(N)CC(N)=O)C(=O)NC(CC(=O)O)C(=O)NCC(=O)O. The Morgan fingerprint density at radius 2 is 1.43 bits per heavy atom. The minimum atomic E-state index is -1.57. The lowest BCUT2D eigenvalue weighted by atomic mass is 10.0. The highest BCUT2D eigenvalue weighted by Crippen LogP contribution is 2.05. The van der Waals surface area contributed by atoms with Crippen molar-refractivity contribution in [2.24, 2.45) is 17.4 Å². The summed E-state index contributed by atoms with van der Waals surface area (Å²) in [7, 11) is 0. The average molecular weight is 403 g/mol. The van der Waals surface area contributed by atoms with Gasteiger partial charge in [-0.3, -0.25) is 28.8 Å². The van der Waals surface area contributed by atoms with E-state index in [-0.39, 0.29) is 0 Å². The van der Waals surface area contributed by atoms with E-state index in [0.29, 0.717) is 0 Å². The lowest BCUT2D eigenvalue weighted by Crippen LogP contribution is -2.58. The van der Waals surface area contributed by atoms with Crippen LogP contribution in [-0.4, -0.2) is 70.5 Å². The Kier molecular flexibility index (Phi) is 10.2. The van der Waals surface area contributed by atoms with Crippen LogP contribution < -0.4 is 27.4 Å². The maximum atomic E-state index is 12.5. The van der Waals surface area contributed by atoms with E-state index in [1.54, 1.807) is 13.8 Å². The summed E-state index contributed by atoms with van der Waals surface area (Å²) in [5.41, 5.74) is 10.5. The van der Waals surface area contributed by atoms with Crippen LogP contribution in [0.3, 0.4) is 0 Å². The Morgan fingerprint density at radius 3 is 1.86 bits per heavy atom. The first-order chi connectivity index (χ1) is 12.8. The highest BCUT2D eigenvalue weighted by Gasteiger charge is 2.31. The van der Waals surface area contributed by atoms with Gasteiger partial charge in [-0.15, -0.1) is 0 Å². The third-order valence-electron chi connectivity index (χ3n) is 3.43. The predicted octanol–water partition coefficient (Wildman–Crippen LogP) is -3.51. The smallest absolute Gasteiger partial charge is 0.322 e. The van der Waals surface area contributed by atoms with E-state index in [9.17, 15) is 28.8 Å². The Labute approximate surface area is 160 Å². The van der Waals surface area contributed by atoms with E-state index in [4.69, 9.17) is 21.7 Å². The number of nitrogens with one attached hydrogen (secondary N) is 3. The molecule has 0 aromatic heterocycles. The summed E-state index contributed by atoms with van der Waals surface area (Å²) in [5, 5.41) is 23.9. The van der Waals surface area contributed by atoms with Crippen molar-refractivity contribution in [1.29, 1.82) is 0 Å². The van der Waals surface area contributed by atoms with Gasteiger partial charge in [0, 0.05) is 0 Å². The molecular formula is C15H25N5O8. The topological polar surface area (TPSA) is 231 Å². The second kappa shape index (κ2) is 11.5. The predicted molar refractivity (Wildman–Crippen MR) is 93.4 cm³/mol. The molecule has 0 aliphatic rings. The molecule has 0 aromatic rings. The van der Waals surface area contributed by atoms with Crippen LogP contribution in [0.2, 0.25) is 0 Å². The largest absolute Gasteiger partial charge is 0.481 e. The van der Waals surface area contributed by atoms with E-state index in [0.717, 1.165) is 0 Å². The van der Waals surface area contributed by atoms with Crippen LogP contribution in [0.15, 0.2) is 0 Å². The number of carboxylic acid groups (broad SMARTS) is 2. The van der Waals surface area contributed by atoms with Gasteiger partial charge >= 0.3 is 11.9 Å². The molecule has 0 rings (SSSR count). The summed E-state index contributed by atoms with van der Waals surface area (Å²) in [6.07, 6.45) is -1.26. The normalized spacial score (nSPS) is 13.7. The minimum Gasteiger partial charge on any atom is -0.481 e. The first-order valence-corrected chi connectivity index (χ1v) is 8.21. The van der Waals surface area contributed by atoms with Crippen molar-refractivity contribution in [2.45, 2.75) is 44.8 Å². The van der Waals surface area contributed by atoms with Crippen molar-refractivity contribution < 1.29 is 39.0 Å². The van der Waals surface area contributed by atoms with Crippen LogP contribution in [0.1, 0.15) is 26.7 Å². The van der Waals surface area contributed by atoms with Crippen molar-refractivity contribution in [2.75, 3.05) is 6.54 Å². The van der Waals surface area contributed by atoms with Crippen molar-refractivity contribution in [3.05, 3.63) is 0 Å². The molecule has 3 unspecified atom stereocenters. The number of carbonyl (C=O) groups excluding carboxylic acids is 4. The van der Waals surface area contributed by atoms with Crippen LogP contribution in [0.5, 0.6) is 0 Å². The minimum absolute atomic E-state index is 0.447. The maximum absolute atomic E-state index is 12.5. The van der Waals surface area contributed by atoms with Crippen molar-refractivity contribution in [1.82, 2.24) is 16.0 Å². The molecule has 3 atom stereocenters. The Hall–Kier alpha value is -3.22. The molecule has 0 bridgehead atoms. The highest BCUT2D eigenvalue weighted by atomic mass is 16.4. The van der Waals surface area contributed by atoms with E-state index >= 15 is 0 Å². The maximum Gasteiger partial charge on any atom is 0.322 e. The molecule has 13 nitrogen and oxygen atoms in total. The van der Waals surface area contributed by atoms with Gasteiger partial charge < -0.3 is 37.6 Å². The molecule has 0 saturated heterocycles. The molecule has 0 aliphatic carbocycles. The van der Waals surface area contributed by atoms with Crippen molar-refractivity contribution in [3.8, 4) is 0 Å². The molecule has 0 aliphatic heterocycles. The first kappa shape index (κ1) is 24.8. The van der Waals surface area contributed by atoms with Gasteiger partial charge in [0.2, 0.25) is 23.6 Å². The number of primary amides is 1. The fourth-order valence-electron chi connectivity index (χ4n) is 2.04.